The second kappa shape index (κ2) is 4.25. The van der Waals surface area contributed by atoms with E-state index in [1.807, 2.05) is 0 Å². The minimum Gasteiger partial charge on any atom is -0.376 e. The number of anilines is 1. The van der Waals surface area contributed by atoms with E-state index >= 15 is 0 Å². The van der Waals surface area contributed by atoms with Gasteiger partial charge in [-0.1, -0.05) is 11.6 Å². The van der Waals surface area contributed by atoms with Crippen LogP contribution in [0.2, 0.25) is 5.02 Å². The molecule has 0 amide bonds. The monoisotopic (exact) mass is 305 g/mol. The van der Waals surface area contributed by atoms with Gasteiger partial charge in [-0.25, -0.2) is 4.68 Å². The molecule has 5 rings (SSSR count). The Kier molecular flexibility index (Phi) is 2.53. The van der Waals surface area contributed by atoms with Crippen molar-refractivity contribution >= 4 is 17.3 Å². The maximum Gasteiger partial charge on any atom is 0.291 e. The van der Waals surface area contributed by atoms with E-state index in [0.29, 0.717) is 22.7 Å². The van der Waals surface area contributed by atoms with Crippen LogP contribution >= 0.6 is 11.6 Å². The van der Waals surface area contributed by atoms with Crippen LogP contribution in [-0.2, 0) is 6.54 Å². The summed E-state index contributed by atoms with van der Waals surface area (Å²) in [6.45, 7) is 0.744. The van der Waals surface area contributed by atoms with Gasteiger partial charge in [0.15, 0.2) is 0 Å². The Bertz CT molecular complexity index is 637. The highest BCUT2D eigenvalue weighted by Crippen LogP contribution is 2.66. The lowest BCUT2D eigenvalue weighted by molar-refractivity contribution is 0.456. The number of rotatable bonds is 4. The maximum atomic E-state index is 12.6. The third-order valence-corrected chi connectivity index (χ3v) is 6.46. The van der Waals surface area contributed by atoms with Crippen LogP contribution in [0, 0.1) is 29.6 Å². The van der Waals surface area contributed by atoms with Crippen LogP contribution < -0.4 is 10.9 Å². The number of aromatic nitrogens is 2. The topological polar surface area (TPSA) is 46.9 Å². The van der Waals surface area contributed by atoms with Gasteiger partial charge in [-0.2, -0.15) is 5.10 Å². The third kappa shape index (κ3) is 1.88. The second-order valence-corrected chi connectivity index (χ2v) is 7.86. The Hall–Kier alpha value is -1.03. The van der Waals surface area contributed by atoms with Crippen LogP contribution in [0.3, 0.4) is 0 Å². The van der Waals surface area contributed by atoms with E-state index in [2.05, 4.69) is 10.4 Å². The van der Waals surface area contributed by atoms with E-state index < -0.39 is 0 Å². The largest absolute Gasteiger partial charge is 0.376 e. The summed E-state index contributed by atoms with van der Waals surface area (Å²) in [6.07, 6.45) is 8.26. The van der Waals surface area contributed by atoms with Crippen LogP contribution in [-0.4, -0.2) is 15.8 Å². The normalized spacial score (nSPS) is 39.4. The number of hydrogen-bond acceptors (Lipinski definition) is 3. The molecule has 21 heavy (non-hydrogen) atoms. The molecule has 4 nitrogen and oxygen atoms in total. The van der Waals surface area contributed by atoms with Crippen molar-refractivity contribution < 1.29 is 0 Å². The predicted octanol–water partition coefficient (Wildman–Crippen LogP) is 2.76. The number of nitrogens with one attached hydrogen (secondary N) is 1. The molecule has 0 aromatic carbocycles. The molecular weight excluding hydrogens is 286 g/mol. The lowest BCUT2D eigenvalue weighted by atomic mass is 10.0. The van der Waals surface area contributed by atoms with E-state index in [4.69, 9.17) is 11.6 Å². The lowest BCUT2D eigenvalue weighted by Crippen LogP contribution is -2.28. The fourth-order valence-electron chi connectivity index (χ4n) is 4.96. The molecule has 4 saturated carbocycles. The van der Waals surface area contributed by atoms with Crippen LogP contribution in [0.15, 0.2) is 11.0 Å². The summed E-state index contributed by atoms with van der Waals surface area (Å²) in [4.78, 5) is 12.6. The molecular formula is C16H20ClN3O. The second-order valence-electron chi connectivity index (χ2n) is 7.46. The number of halogens is 1. The fraction of sp³-hybridized carbons (Fsp3) is 0.750. The minimum atomic E-state index is -0.0354. The summed E-state index contributed by atoms with van der Waals surface area (Å²) in [5, 5.41) is 8.15. The zero-order chi connectivity index (χ0) is 14.1. The van der Waals surface area contributed by atoms with Gasteiger partial charge in [0.25, 0.3) is 5.56 Å². The molecule has 4 aliphatic carbocycles. The molecule has 0 aliphatic heterocycles. The summed E-state index contributed by atoms with van der Waals surface area (Å²) < 4.78 is 1.60. The van der Waals surface area contributed by atoms with Gasteiger partial charge in [-0.15, -0.1) is 0 Å². The molecule has 1 N–H and O–H groups in total. The van der Waals surface area contributed by atoms with Gasteiger partial charge in [-0.3, -0.25) is 4.79 Å². The molecule has 4 atom stereocenters. The van der Waals surface area contributed by atoms with Crippen molar-refractivity contribution in [3.63, 3.8) is 0 Å². The molecule has 1 aromatic rings. The van der Waals surface area contributed by atoms with Crippen LogP contribution in [0.25, 0.3) is 0 Å². The lowest BCUT2D eigenvalue weighted by Gasteiger charge is -2.13. The van der Waals surface area contributed by atoms with Crippen molar-refractivity contribution in [1.29, 1.82) is 0 Å². The predicted molar refractivity (Wildman–Crippen MR) is 81.5 cm³/mol. The zero-order valence-corrected chi connectivity index (χ0v) is 12.7. The first kappa shape index (κ1) is 12.5. The van der Waals surface area contributed by atoms with E-state index in [1.165, 1.54) is 32.1 Å². The van der Waals surface area contributed by atoms with Gasteiger partial charge in [0.2, 0.25) is 0 Å². The molecule has 1 heterocycles. The zero-order valence-electron chi connectivity index (χ0n) is 12.0. The molecule has 5 heteroatoms. The summed E-state index contributed by atoms with van der Waals surface area (Å²) in [5.74, 6) is 4.02. The Morgan fingerprint density at radius 1 is 1.24 bits per heavy atom. The van der Waals surface area contributed by atoms with Crippen LogP contribution in [0.4, 0.5) is 5.69 Å². The highest BCUT2D eigenvalue weighted by molar-refractivity contribution is 6.33. The number of hydrogen-bond donors (Lipinski definition) is 1. The molecule has 1 aromatic heterocycles. The highest BCUT2D eigenvalue weighted by Gasteiger charge is 2.65. The maximum absolute atomic E-state index is 12.6. The van der Waals surface area contributed by atoms with Crippen LogP contribution in [0.1, 0.15) is 32.1 Å². The number of fused-ring (bicyclic) bond motifs is 5. The summed E-state index contributed by atoms with van der Waals surface area (Å²) in [6, 6.07) is 0.484. The Morgan fingerprint density at radius 2 is 1.95 bits per heavy atom. The summed E-state index contributed by atoms with van der Waals surface area (Å²) >= 11 is 6.23. The van der Waals surface area contributed by atoms with Crippen molar-refractivity contribution in [2.45, 2.75) is 44.7 Å². The Balaban J connectivity index is 1.40. The molecule has 4 unspecified atom stereocenters. The summed E-state index contributed by atoms with van der Waals surface area (Å²) in [7, 11) is 0. The average Bonchev–Trinajstić information content (AvgIpc) is 3.36. The van der Waals surface area contributed by atoms with E-state index in [-0.39, 0.29) is 5.56 Å². The first-order valence-electron chi connectivity index (χ1n) is 8.24. The van der Waals surface area contributed by atoms with Crippen molar-refractivity contribution in [2.75, 3.05) is 5.32 Å². The van der Waals surface area contributed by atoms with Crippen molar-refractivity contribution in [1.82, 2.24) is 9.78 Å². The Labute approximate surface area is 128 Å². The molecule has 0 spiro atoms. The molecule has 112 valence electrons. The quantitative estimate of drug-likeness (QED) is 0.930. The van der Waals surface area contributed by atoms with Gasteiger partial charge in [0.05, 0.1) is 11.2 Å². The number of nitrogens with zero attached hydrogens (tertiary/aromatic N) is 2. The molecule has 0 saturated heterocycles. The first-order chi connectivity index (χ1) is 10.2. The molecule has 4 aliphatic rings. The van der Waals surface area contributed by atoms with Gasteiger partial charge in [0.1, 0.15) is 5.69 Å². The van der Waals surface area contributed by atoms with E-state index in [9.17, 15) is 4.79 Å². The summed E-state index contributed by atoms with van der Waals surface area (Å²) in [5.41, 5.74) is 0.554. The van der Waals surface area contributed by atoms with Gasteiger partial charge in [-0.05, 0) is 61.7 Å². The minimum absolute atomic E-state index is 0.0354. The molecule has 2 bridgehead atoms. The first-order valence-corrected chi connectivity index (χ1v) is 8.62. The van der Waals surface area contributed by atoms with Crippen LogP contribution in [0.5, 0.6) is 0 Å². The fourth-order valence-corrected chi connectivity index (χ4v) is 5.14. The van der Waals surface area contributed by atoms with Crippen molar-refractivity contribution in [3.05, 3.63) is 21.6 Å². The van der Waals surface area contributed by atoms with E-state index in [1.54, 1.807) is 10.9 Å². The third-order valence-electron chi connectivity index (χ3n) is 6.17. The van der Waals surface area contributed by atoms with E-state index in [0.717, 1.165) is 30.2 Å². The molecule has 4 fully saturated rings. The van der Waals surface area contributed by atoms with Gasteiger partial charge in [0, 0.05) is 12.6 Å². The standard InChI is InChI=1S/C16H20ClN3O/c17-11-6-18-20(7-8-1-2-8)16(21)14(11)19-15-12-9-3-4-10(5-9)13(12)15/h6,8-10,12-13,15,19H,1-5,7H2. The van der Waals surface area contributed by atoms with Crippen molar-refractivity contribution in [2.24, 2.45) is 29.6 Å². The van der Waals surface area contributed by atoms with Gasteiger partial charge < -0.3 is 5.32 Å². The van der Waals surface area contributed by atoms with Crippen molar-refractivity contribution in [3.8, 4) is 0 Å². The average molecular weight is 306 g/mol. The van der Waals surface area contributed by atoms with Gasteiger partial charge >= 0.3 is 0 Å². The smallest absolute Gasteiger partial charge is 0.291 e. The SMILES string of the molecule is O=c1c(NC2C3C4CCC(C4)C23)c(Cl)cnn1CC1CC1. The molecule has 0 radical (unpaired) electrons. The Morgan fingerprint density at radius 3 is 2.62 bits per heavy atom. The highest BCUT2D eigenvalue weighted by atomic mass is 35.5.